The molecule has 0 aliphatic heterocycles. The molecule has 98 valence electrons. The number of nitrogens with two attached hydrogens (primary N) is 1. The van der Waals surface area contributed by atoms with E-state index in [4.69, 9.17) is 5.73 Å². The third-order valence-corrected chi connectivity index (χ3v) is 3.33. The summed E-state index contributed by atoms with van der Waals surface area (Å²) < 4.78 is 0. The Balaban J connectivity index is 1.99. The number of hydrogen-bond donors (Lipinski definition) is 1. The average molecular weight is 251 g/mol. The highest BCUT2D eigenvalue weighted by molar-refractivity contribution is 5.41. The van der Waals surface area contributed by atoms with Crippen molar-refractivity contribution in [1.29, 1.82) is 0 Å². The lowest BCUT2D eigenvalue weighted by atomic mass is 10.0. The molecule has 0 spiro atoms. The van der Waals surface area contributed by atoms with Gasteiger partial charge in [0.25, 0.3) is 0 Å². The van der Waals surface area contributed by atoms with Crippen LogP contribution in [-0.4, -0.2) is 0 Å². The molecule has 0 radical (unpaired) electrons. The molecule has 1 aliphatic carbocycles. The van der Waals surface area contributed by atoms with Gasteiger partial charge in [0.15, 0.2) is 0 Å². The minimum atomic E-state index is 0.404. The van der Waals surface area contributed by atoms with Gasteiger partial charge in [-0.2, -0.15) is 0 Å². The summed E-state index contributed by atoms with van der Waals surface area (Å²) in [6, 6.07) is 10.5. The number of benzene rings is 1. The van der Waals surface area contributed by atoms with Crippen LogP contribution >= 0.6 is 0 Å². The zero-order valence-corrected chi connectivity index (χ0v) is 11.4. The Morgan fingerprint density at radius 1 is 1.21 bits per heavy atom. The van der Waals surface area contributed by atoms with Gasteiger partial charge in [0.2, 0.25) is 0 Å². The van der Waals surface area contributed by atoms with Gasteiger partial charge in [-0.15, -0.1) is 0 Å². The first-order chi connectivity index (χ1) is 9.27. The summed E-state index contributed by atoms with van der Waals surface area (Å²) in [5.74, 6) is 0.404. The number of rotatable bonds is 4. The maximum atomic E-state index is 6.06. The predicted octanol–water partition coefficient (Wildman–Crippen LogP) is 4.47. The highest BCUT2D eigenvalue weighted by Gasteiger charge is 2.00. The fraction of sp³-hybridized carbons (Fsp3) is 0.222. The summed E-state index contributed by atoms with van der Waals surface area (Å²) in [5, 5.41) is 0. The van der Waals surface area contributed by atoms with Gasteiger partial charge in [0.05, 0.1) is 0 Å². The summed E-state index contributed by atoms with van der Waals surface area (Å²) in [4.78, 5) is 0. The molecular weight excluding hydrogens is 230 g/mol. The zero-order valence-electron chi connectivity index (χ0n) is 11.4. The molecule has 1 atom stereocenters. The highest BCUT2D eigenvalue weighted by atomic mass is 14.6. The van der Waals surface area contributed by atoms with Crippen LogP contribution in [0.4, 0.5) is 0 Å². The molecule has 1 heteroatoms. The van der Waals surface area contributed by atoms with Gasteiger partial charge in [0.1, 0.15) is 0 Å². The molecule has 1 unspecified atom stereocenters. The van der Waals surface area contributed by atoms with Crippen LogP contribution in [0.3, 0.4) is 0 Å². The Bertz CT molecular complexity index is 518. The molecule has 1 aliphatic rings. The molecule has 0 fully saturated rings. The average Bonchev–Trinajstić information content (AvgIpc) is 2.49. The van der Waals surface area contributed by atoms with E-state index in [1.165, 1.54) is 5.56 Å². The largest absolute Gasteiger partial charge is 0.398 e. The summed E-state index contributed by atoms with van der Waals surface area (Å²) in [7, 11) is 0. The third kappa shape index (κ3) is 3.99. The van der Waals surface area contributed by atoms with E-state index >= 15 is 0 Å². The lowest BCUT2D eigenvalue weighted by Crippen LogP contribution is -2.00. The summed E-state index contributed by atoms with van der Waals surface area (Å²) >= 11 is 0. The Hall–Kier alpha value is -2.02. The van der Waals surface area contributed by atoms with Crippen molar-refractivity contribution in [2.75, 3.05) is 0 Å². The van der Waals surface area contributed by atoms with E-state index in [-0.39, 0.29) is 0 Å². The van der Waals surface area contributed by atoms with Gasteiger partial charge in [-0.25, -0.2) is 0 Å². The lowest BCUT2D eigenvalue weighted by Gasteiger charge is -2.07. The van der Waals surface area contributed by atoms with E-state index in [0.29, 0.717) is 5.92 Å². The zero-order chi connectivity index (χ0) is 13.5. The maximum absolute atomic E-state index is 6.06. The molecule has 2 N–H and O–H groups in total. The summed E-state index contributed by atoms with van der Waals surface area (Å²) in [6.07, 6.45) is 14.9. The third-order valence-electron chi connectivity index (χ3n) is 3.33. The fourth-order valence-corrected chi connectivity index (χ4v) is 2.12. The second-order valence-corrected chi connectivity index (χ2v) is 4.85. The Labute approximate surface area is 115 Å². The Kier molecular flexibility index (Phi) is 4.79. The first-order valence-electron chi connectivity index (χ1n) is 6.83. The van der Waals surface area contributed by atoms with Crippen molar-refractivity contribution in [2.45, 2.75) is 25.7 Å². The van der Waals surface area contributed by atoms with E-state index in [1.807, 2.05) is 12.1 Å². The van der Waals surface area contributed by atoms with Crippen molar-refractivity contribution in [3.05, 3.63) is 83.6 Å². The Morgan fingerprint density at radius 3 is 2.68 bits per heavy atom. The van der Waals surface area contributed by atoms with Crippen molar-refractivity contribution >= 4 is 0 Å². The molecule has 1 aromatic carbocycles. The molecule has 0 saturated heterocycles. The van der Waals surface area contributed by atoms with Gasteiger partial charge in [-0.05, 0) is 36.0 Å². The SMILES string of the molecule is CC(/C=C\C=C(/N)C1=CCCC=C1)c1ccccc1. The van der Waals surface area contributed by atoms with Gasteiger partial charge >= 0.3 is 0 Å². The molecule has 0 bridgehead atoms. The second-order valence-electron chi connectivity index (χ2n) is 4.85. The van der Waals surface area contributed by atoms with Crippen LogP contribution in [0.2, 0.25) is 0 Å². The monoisotopic (exact) mass is 251 g/mol. The molecule has 0 saturated carbocycles. The second kappa shape index (κ2) is 6.79. The van der Waals surface area contributed by atoms with Gasteiger partial charge in [0, 0.05) is 5.70 Å². The minimum Gasteiger partial charge on any atom is -0.398 e. The van der Waals surface area contributed by atoms with Gasteiger partial charge < -0.3 is 5.73 Å². The molecular formula is C18H21N. The molecule has 2 rings (SSSR count). The van der Waals surface area contributed by atoms with Crippen molar-refractivity contribution < 1.29 is 0 Å². The van der Waals surface area contributed by atoms with Crippen molar-refractivity contribution in [3.8, 4) is 0 Å². The predicted molar refractivity (Wildman–Crippen MR) is 82.7 cm³/mol. The highest BCUT2D eigenvalue weighted by Crippen LogP contribution is 2.17. The quantitative estimate of drug-likeness (QED) is 0.785. The smallest absolute Gasteiger partial charge is 0.0384 e. The number of allylic oxidation sites excluding steroid dienone is 6. The molecule has 0 amide bonds. The molecule has 1 aromatic rings. The van der Waals surface area contributed by atoms with Crippen LogP contribution in [0.1, 0.15) is 31.2 Å². The van der Waals surface area contributed by atoms with E-state index in [9.17, 15) is 0 Å². The van der Waals surface area contributed by atoms with E-state index in [2.05, 4.69) is 61.6 Å². The molecule has 19 heavy (non-hydrogen) atoms. The molecule has 0 aromatic heterocycles. The van der Waals surface area contributed by atoms with Crippen LogP contribution in [0, 0.1) is 0 Å². The first kappa shape index (κ1) is 13.4. The van der Waals surface area contributed by atoms with E-state index in [1.54, 1.807) is 0 Å². The maximum Gasteiger partial charge on any atom is 0.0384 e. The summed E-state index contributed by atoms with van der Waals surface area (Å²) in [5.41, 5.74) is 9.37. The van der Waals surface area contributed by atoms with Gasteiger partial charge in [-0.1, -0.05) is 67.6 Å². The molecule has 0 heterocycles. The van der Waals surface area contributed by atoms with Crippen LogP contribution < -0.4 is 5.73 Å². The normalized spacial score (nSPS) is 17.5. The van der Waals surface area contributed by atoms with E-state index in [0.717, 1.165) is 24.1 Å². The van der Waals surface area contributed by atoms with Crippen molar-refractivity contribution in [1.82, 2.24) is 0 Å². The standard InChI is InChI=1S/C18H21N/c1-15(16-10-4-2-5-11-16)9-8-14-18(19)17-12-6-3-7-13-17/h2,4-6,8-15H,3,7,19H2,1H3/b9-8-,18-14-. The van der Waals surface area contributed by atoms with Crippen molar-refractivity contribution in [2.24, 2.45) is 5.73 Å². The Morgan fingerprint density at radius 2 is 2.00 bits per heavy atom. The fourth-order valence-electron chi connectivity index (χ4n) is 2.12. The summed E-state index contributed by atoms with van der Waals surface area (Å²) in [6.45, 7) is 2.19. The van der Waals surface area contributed by atoms with Crippen molar-refractivity contribution in [3.63, 3.8) is 0 Å². The molecule has 1 nitrogen and oxygen atoms in total. The first-order valence-corrected chi connectivity index (χ1v) is 6.83. The van der Waals surface area contributed by atoms with Crippen LogP contribution in [0.5, 0.6) is 0 Å². The topological polar surface area (TPSA) is 26.0 Å². The van der Waals surface area contributed by atoms with Gasteiger partial charge in [-0.3, -0.25) is 0 Å². The van der Waals surface area contributed by atoms with Crippen LogP contribution in [0.25, 0.3) is 0 Å². The van der Waals surface area contributed by atoms with E-state index < -0.39 is 0 Å². The van der Waals surface area contributed by atoms with Crippen LogP contribution in [-0.2, 0) is 0 Å². The number of hydrogen-bond acceptors (Lipinski definition) is 1. The minimum absolute atomic E-state index is 0.404. The van der Waals surface area contributed by atoms with Crippen LogP contribution in [0.15, 0.2) is 78.1 Å². The lowest BCUT2D eigenvalue weighted by molar-refractivity contribution is 0.967.